The number of rotatable bonds is 6. The van der Waals surface area contributed by atoms with Crippen molar-refractivity contribution in [1.82, 2.24) is 34.0 Å². The lowest BCUT2D eigenvalue weighted by Gasteiger charge is -2.35. The van der Waals surface area contributed by atoms with E-state index in [-0.39, 0.29) is 23.2 Å². The van der Waals surface area contributed by atoms with Gasteiger partial charge in [0.25, 0.3) is 11.1 Å². The molecule has 198 valence electrons. The Morgan fingerprint density at radius 1 is 1.03 bits per heavy atom. The topological polar surface area (TPSA) is 106 Å². The molecule has 1 N–H and O–H groups in total. The van der Waals surface area contributed by atoms with E-state index in [1.807, 2.05) is 19.9 Å². The van der Waals surface area contributed by atoms with Crippen LogP contribution in [0.4, 0.5) is 17.3 Å². The molecule has 3 aromatic heterocycles. The Morgan fingerprint density at radius 3 is 2.47 bits per heavy atom. The van der Waals surface area contributed by atoms with Crippen LogP contribution in [0, 0.1) is 6.92 Å². The molecule has 1 saturated heterocycles. The van der Waals surface area contributed by atoms with E-state index in [2.05, 4.69) is 51.3 Å². The van der Waals surface area contributed by atoms with Gasteiger partial charge in [-0.15, -0.1) is 5.10 Å². The van der Waals surface area contributed by atoms with Crippen LogP contribution < -0.4 is 21.3 Å². The van der Waals surface area contributed by atoms with Crippen molar-refractivity contribution in [2.45, 2.75) is 45.7 Å². The standard InChI is InChI=1S/C27H33N9O2/c1-17(2)34-24(37)10-9-23(31-34)36-25-21(26(38)35(36)20-6-7-20)16-28-27(30-25)29-19-5-8-22(18(3)15-19)33-13-11-32(4)12-14-33/h5,8-10,15-17,20H,6-7,11-14H2,1-4H3,(H,28,29,30). The summed E-state index contributed by atoms with van der Waals surface area (Å²) in [7, 11) is 2.16. The molecule has 0 radical (unpaired) electrons. The summed E-state index contributed by atoms with van der Waals surface area (Å²) in [6.07, 6.45) is 3.40. The zero-order valence-electron chi connectivity index (χ0n) is 22.3. The second kappa shape index (κ2) is 9.39. The summed E-state index contributed by atoms with van der Waals surface area (Å²) in [6, 6.07) is 9.38. The average molecular weight is 516 g/mol. The average Bonchev–Trinajstić information content (AvgIpc) is 3.69. The van der Waals surface area contributed by atoms with Gasteiger partial charge < -0.3 is 15.1 Å². The predicted octanol–water partition coefficient (Wildman–Crippen LogP) is 2.86. The highest BCUT2D eigenvalue weighted by molar-refractivity contribution is 5.77. The Balaban J connectivity index is 1.38. The van der Waals surface area contributed by atoms with Crippen LogP contribution in [0.15, 0.2) is 46.1 Å². The quantitative estimate of drug-likeness (QED) is 0.418. The Kier molecular flexibility index (Phi) is 6.02. The minimum absolute atomic E-state index is 0.0825. The number of aryl methyl sites for hydroxylation is 1. The zero-order chi connectivity index (χ0) is 26.6. The maximum Gasteiger partial charge on any atom is 0.278 e. The van der Waals surface area contributed by atoms with Crippen molar-refractivity contribution in [2.24, 2.45) is 0 Å². The van der Waals surface area contributed by atoms with Gasteiger partial charge in [0.1, 0.15) is 5.39 Å². The summed E-state index contributed by atoms with van der Waals surface area (Å²) in [5.41, 5.74) is 3.42. The smallest absolute Gasteiger partial charge is 0.278 e. The van der Waals surface area contributed by atoms with Gasteiger partial charge >= 0.3 is 0 Å². The molecule has 4 aromatic rings. The highest BCUT2D eigenvalue weighted by atomic mass is 16.1. The van der Waals surface area contributed by atoms with E-state index in [4.69, 9.17) is 4.98 Å². The van der Waals surface area contributed by atoms with Gasteiger partial charge in [0.15, 0.2) is 11.5 Å². The number of likely N-dealkylation sites (N-methyl/N-ethyl adjacent to an activating group) is 1. The molecule has 2 fully saturated rings. The lowest BCUT2D eigenvalue weighted by molar-refractivity contribution is 0.312. The number of nitrogens with one attached hydrogen (secondary N) is 1. The molecule has 1 aromatic carbocycles. The van der Waals surface area contributed by atoms with Gasteiger partial charge in [0.05, 0.1) is 12.1 Å². The predicted molar refractivity (Wildman–Crippen MR) is 148 cm³/mol. The maximum atomic E-state index is 13.3. The number of fused-ring (bicyclic) bond motifs is 1. The summed E-state index contributed by atoms with van der Waals surface area (Å²) >= 11 is 0. The number of hydrogen-bond donors (Lipinski definition) is 1. The van der Waals surface area contributed by atoms with Crippen LogP contribution in [0.25, 0.3) is 16.9 Å². The number of benzene rings is 1. The molecule has 1 aliphatic heterocycles. The second-order valence-electron chi connectivity index (χ2n) is 10.6. The zero-order valence-corrected chi connectivity index (χ0v) is 22.3. The fourth-order valence-corrected chi connectivity index (χ4v) is 5.09. The summed E-state index contributed by atoms with van der Waals surface area (Å²) in [5.74, 6) is 0.873. The Hall–Kier alpha value is -3.99. The molecule has 0 spiro atoms. The van der Waals surface area contributed by atoms with Crippen molar-refractivity contribution in [3.05, 3.63) is 62.8 Å². The van der Waals surface area contributed by atoms with Gasteiger partial charge in [-0.3, -0.25) is 9.59 Å². The van der Waals surface area contributed by atoms with Crippen molar-refractivity contribution in [3.63, 3.8) is 0 Å². The van der Waals surface area contributed by atoms with Crippen LogP contribution in [0.1, 0.15) is 44.3 Å². The second-order valence-corrected chi connectivity index (χ2v) is 10.6. The van der Waals surface area contributed by atoms with E-state index in [9.17, 15) is 9.59 Å². The molecular formula is C27H33N9O2. The molecule has 6 rings (SSSR count). The van der Waals surface area contributed by atoms with E-state index >= 15 is 0 Å². The molecular weight excluding hydrogens is 482 g/mol. The van der Waals surface area contributed by atoms with Crippen molar-refractivity contribution in [3.8, 4) is 5.82 Å². The fourth-order valence-electron chi connectivity index (χ4n) is 5.09. The third-order valence-electron chi connectivity index (χ3n) is 7.33. The number of nitrogens with zero attached hydrogens (tertiary/aromatic N) is 8. The van der Waals surface area contributed by atoms with E-state index in [0.29, 0.717) is 22.8 Å². The first-order valence-corrected chi connectivity index (χ1v) is 13.2. The third kappa shape index (κ3) is 4.36. The van der Waals surface area contributed by atoms with E-state index in [1.54, 1.807) is 21.6 Å². The van der Waals surface area contributed by atoms with Gasteiger partial charge in [-0.25, -0.2) is 19.0 Å². The highest BCUT2D eigenvalue weighted by Crippen LogP contribution is 2.35. The molecule has 0 bridgehead atoms. The summed E-state index contributed by atoms with van der Waals surface area (Å²) in [6.45, 7) is 10.1. The summed E-state index contributed by atoms with van der Waals surface area (Å²) in [4.78, 5) is 39.7. The molecule has 38 heavy (non-hydrogen) atoms. The highest BCUT2D eigenvalue weighted by Gasteiger charge is 2.31. The molecule has 0 atom stereocenters. The minimum atomic E-state index is -0.187. The van der Waals surface area contributed by atoms with Crippen LogP contribution in [-0.2, 0) is 0 Å². The molecule has 11 nitrogen and oxygen atoms in total. The first-order valence-electron chi connectivity index (χ1n) is 13.2. The van der Waals surface area contributed by atoms with Crippen molar-refractivity contribution in [2.75, 3.05) is 43.4 Å². The van der Waals surface area contributed by atoms with Crippen LogP contribution >= 0.6 is 0 Å². The number of anilines is 3. The fraction of sp³-hybridized carbons (Fsp3) is 0.444. The monoisotopic (exact) mass is 515 g/mol. The van der Waals surface area contributed by atoms with Crippen LogP contribution in [0.2, 0.25) is 0 Å². The summed E-state index contributed by atoms with van der Waals surface area (Å²) in [5, 5.41) is 8.32. The molecule has 0 amide bonds. The first-order chi connectivity index (χ1) is 18.3. The van der Waals surface area contributed by atoms with Gasteiger partial charge in [-0.2, -0.15) is 4.98 Å². The molecule has 1 saturated carbocycles. The Morgan fingerprint density at radius 2 is 1.79 bits per heavy atom. The number of aromatic nitrogens is 6. The van der Waals surface area contributed by atoms with E-state index in [1.165, 1.54) is 22.0 Å². The minimum Gasteiger partial charge on any atom is -0.369 e. The molecule has 1 aliphatic carbocycles. The Bertz CT molecular complexity index is 1620. The van der Waals surface area contributed by atoms with E-state index in [0.717, 1.165) is 44.7 Å². The largest absolute Gasteiger partial charge is 0.369 e. The molecule has 4 heterocycles. The van der Waals surface area contributed by atoms with Crippen molar-refractivity contribution < 1.29 is 0 Å². The third-order valence-corrected chi connectivity index (χ3v) is 7.33. The molecule has 2 aliphatic rings. The summed E-state index contributed by atoms with van der Waals surface area (Å²) < 4.78 is 4.87. The van der Waals surface area contributed by atoms with Crippen LogP contribution in [-0.4, -0.2) is 67.2 Å². The van der Waals surface area contributed by atoms with Gasteiger partial charge in [0, 0.05) is 49.8 Å². The normalized spacial score (nSPS) is 16.5. The Labute approximate surface area is 220 Å². The van der Waals surface area contributed by atoms with Crippen LogP contribution in [0.3, 0.4) is 0 Å². The van der Waals surface area contributed by atoms with Gasteiger partial charge in [-0.05, 0) is 70.5 Å². The maximum absolute atomic E-state index is 13.3. The van der Waals surface area contributed by atoms with Crippen molar-refractivity contribution >= 4 is 28.4 Å². The van der Waals surface area contributed by atoms with Gasteiger partial charge in [0.2, 0.25) is 5.95 Å². The lowest BCUT2D eigenvalue weighted by atomic mass is 10.1. The number of hydrogen-bond acceptors (Lipinski definition) is 8. The van der Waals surface area contributed by atoms with E-state index < -0.39 is 0 Å². The molecule has 0 unspecified atom stereocenters. The SMILES string of the molecule is Cc1cc(Nc2ncc3c(=O)n(C4CC4)n(-c4ccc(=O)n(C(C)C)n4)c3n2)ccc1N1CCN(C)CC1. The lowest BCUT2D eigenvalue weighted by Crippen LogP contribution is -2.44. The van der Waals surface area contributed by atoms with Crippen molar-refractivity contribution in [1.29, 1.82) is 0 Å². The van der Waals surface area contributed by atoms with Crippen LogP contribution in [0.5, 0.6) is 0 Å². The van der Waals surface area contributed by atoms with Gasteiger partial charge in [-0.1, -0.05) is 0 Å². The first kappa shape index (κ1) is 24.4. The number of piperazine rings is 1. The molecule has 11 heteroatoms.